The van der Waals surface area contributed by atoms with Crippen LogP contribution in [-0.4, -0.2) is 86.0 Å². The number of benzene rings is 1. The van der Waals surface area contributed by atoms with Crippen LogP contribution in [-0.2, 0) is 31.9 Å². The van der Waals surface area contributed by atoms with E-state index in [-0.39, 0.29) is 65.9 Å². The minimum atomic E-state index is -0.529. The van der Waals surface area contributed by atoms with Gasteiger partial charge in [-0.25, -0.2) is 19.2 Å². The molecule has 0 saturated carbocycles. The molecule has 1 aliphatic carbocycles. The van der Waals surface area contributed by atoms with E-state index in [0.29, 0.717) is 63.1 Å². The third-order valence-corrected chi connectivity index (χ3v) is 7.85. The van der Waals surface area contributed by atoms with Gasteiger partial charge in [0.2, 0.25) is 5.91 Å². The Morgan fingerprint density at radius 2 is 2.17 bits per heavy atom. The zero-order chi connectivity index (χ0) is 28.5. The number of methoxy groups -OCH3 is 1. The van der Waals surface area contributed by atoms with Gasteiger partial charge in [-0.1, -0.05) is 0 Å². The first-order valence-corrected chi connectivity index (χ1v) is 13.7. The molecule has 4 aliphatic rings. The molecule has 4 unspecified atom stereocenters. The highest BCUT2D eigenvalue weighted by atomic mass is 19.1. The SMILES string of the molecule is COC1CNC(C(=O)Nc2cc(F)c3c(c2)CC(CNCCC2CN(c4cnc5c(n4)NC(=O)CO5)C(=O)O2)C3)C1. The maximum absolute atomic E-state index is 14.9. The molecule has 4 heterocycles. The van der Waals surface area contributed by atoms with Gasteiger partial charge in [0.25, 0.3) is 11.8 Å². The van der Waals surface area contributed by atoms with E-state index in [1.54, 1.807) is 7.11 Å². The quantitative estimate of drug-likeness (QED) is 0.321. The number of ether oxygens (including phenoxy) is 3. The van der Waals surface area contributed by atoms with Crippen molar-refractivity contribution in [3.8, 4) is 5.88 Å². The minimum absolute atomic E-state index is 0.0000343. The summed E-state index contributed by atoms with van der Waals surface area (Å²) in [6.07, 6.45) is 3.04. The highest BCUT2D eigenvalue weighted by Gasteiger charge is 2.34. The average molecular weight is 570 g/mol. The van der Waals surface area contributed by atoms with Gasteiger partial charge < -0.3 is 35.5 Å². The number of nitrogens with one attached hydrogen (secondary N) is 4. The van der Waals surface area contributed by atoms with Crippen LogP contribution in [0.25, 0.3) is 0 Å². The Morgan fingerprint density at radius 3 is 3.00 bits per heavy atom. The van der Waals surface area contributed by atoms with Crippen LogP contribution in [0.3, 0.4) is 0 Å². The van der Waals surface area contributed by atoms with Crippen molar-refractivity contribution in [1.82, 2.24) is 20.6 Å². The van der Waals surface area contributed by atoms with Crippen molar-refractivity contribution in [2.24, 2.45) is 5.92 Å². The van der Waals surface area contributed by atoms with E-state index in [2.05, 4.69) is 31.2 Å². The summed E-state index contributed by atoms with van der Waals surface area (Å²) in [6.45, 7) is 2.08. The van der Waals surface area contributed by atoms with Crippen LogP contribution < -0.4 is 30.9 Å². The molecule has 4 atom stereocenters. The second kappa shape index (κ2) is 11.5. The number of nitrogens with zero attached hydrogens (tertiary/aromatic N) is 3. The first-order valence-electron chi connectivity index (χ1n) is 13.7. The van der Waals surface area contributed by atoms with E-state index in [4.69, 9.17) is 14.2 Å². The van der Waals surface area contributed by atoms with Gasteiger partial charge in [-0.05, 0) is 68.0 Å². The fraction of sp³-hybridized carbons (Fsp3) is 0.519. The lowest BCUT2D eigenvalue weighted by Gasteiger charge is -2.18. The van der Waals surface area contributed by atoms with E-state index in [1.165, 1.54) is 17.2 Å². The first kappa shape index (κ1) is 27.3. The fourth-order valence-electron chi connectivity index (χ4n) is 5.72. The summed E-state index contributed by atoms with van der Waals surface area (Å²) in [5, 5.41) is 12.0. The molecular weight excluding hydrogens is 537 g/mol. The van der Waals surface area contributed by atoms with Crippen molar-refractivity contribution < 1.29 is 33.0 Å². The van der Waals surface area contributed by atoms with Crippen molar-refractivity contribution in [2.75, 3.05) is 55.4 Å². The van der Waals surface area contributed by atoms with Crippen molar-refractivity contribution in [2.45, 2.75) is 43.9 Å². The molecule has 2 aromatic rings. The van der Waals surface area contributed by atoms with E-state index in [0.717, 1.165) is 5.56 Å². The van der Waals surface area contributed by atoms with E-state index < -0.39 is 6.09 Å². The maximum Gasteiger partial charge on any atom is 0.415 e. The van der Waals surface area contributed by atoms with Crippen molar-refractivity contribution >= 4 is 35.2 Å². The van der Waals surface area contributed by atoms with Gasteiger partial charge in [0.15, 0.2) is 18.2 Å². The monoisotopic (exact) mass is 569 g/mol. The zero-order valence-electron chi connectivity index (χ0n) is 22.6. The van der Waals surface area contributed by atoms with E-state index in [1.807, 2.05) is 6.07 Å². The van der Waals surface area contributed by atoms with Crippen LogP contribution >= 0.6 is 0 Å². The Balaban J connectivity index is 0.957. The summed E-state index contributed by atoms with van der Waals surface area (Å²) < 4.78 is 30.9. The molecule has 0 radical (unpaired) electrons. The van der Waals surface area contributed by atoms with Gasteiger partial charge in [-0.3, -0.25) is 14.5 Å². The number of halogens is 1. The Labute approximate surface area is 235 Å². The van der Waals surface area contributed by atoms with Crippen molar-refractivity contribution in [1.29, 1.82) is 0 Å². The van der Waals surface area contributed by atoms with Crippen molar-refractivity contribution in [3.05, 3.63) is 35.3 Å². The number of rotatable bonds is 9. The van der Waals surface area contributed by atoms with Gasteiger partial charge in [-0.2, -0.15) is 0 Å². The molecule has 218 valence electrons. The molecule has 6 rings (SSSR count). The van der Waals surface area contributed by atoms with Crippen LogP contribution in [0.15, 0.2) is 18.3 Å². The molecule has 41 heavy (non-hydrogen) atoms. The van der Waals surface area contributed by atoms with Gasteiger partial charge in [0, 0.05) is 19.3 Å². The molecule has 13 nitrogen and oxygen atoms in total. The summed E-state index contributed by atoms with van der Waals surface area (Å²) in [7, 11) is 1.62. The predicted molar refractivity (Wildman–Crippen MR) is 144 cm³/mol. The molecule has 2 saturated heterocycles. The summed E-state index contributed by atoms with van der Waals surface area (Å²) in [5.74, 6) is 0.0414. The Kier molecular flexibility index (Phi) is 7.69. The molecule has 4 N–H and O–H groups in total. The average Bonchev–Trinajstić information content (AvgIpc) is 3.69. The largest absolute Gasteiger partial charge is 0.465 e. The molecule has 14 heteroatoms. The summed E-state index contributed by atoms with van der Waals surface area (Å²) >= 11 is 0. The van der Waals surface area contributed by atoms with Gasteiger partial charge in [0.1, 0.15) is 11.9 Å². The minimum Gasteiger partial charge on any atom is -0.465 e. The van der Waals surface area contributed by atoms with E-state index >= 15 is 0 Å². The smallest absolute Gasteiger partial charge is 0.415 e. The molecule has 0 bridgehead atoms. The molecule has 1 aromatic heterocycles. The maximum atomic E-state index is 14.9. The predicted octanol–water partition coefficient (Wildman–Crippen LogP) is 0.982. The van der Waals surface area contributed by atoms with Gasteiger partial charge in [-0.15, -0.1) is 0 Å². The Hall–Kier alpha value is -3.88. The lowest BCUT2D eigenvalue weighted by Crippen LogP contribution is -2.35. The first-order chi connectivity index (χ1) is 19.9. The number of fused-ring (bicyclic) bond motifs is 2. The van der Waals surface area contributed by atoms with Gasteiger partial charge in [0.05, 0.1) is 24.9 Å². The number of cyclic esters (lactones) is 1. The van der Waals surface area contributed by atoms with Crippen LogP contribution in [0, 0.1) is 11.7 Å². The highest BCUT2D eigenvalue weighted by molar-refractivity contribution is 5.95. The second-order valence-electron chi connectivity index (χ2n) is 10.7. The van der Waals surface area contributed by atoms with Crippen LogP contribution in [0.4, 0.5) is 26.5 Å². The third kappa shape index (κ3) is 5.94. The number of carbonyl (C=O) groups excluding carboxylic acids is 3. The molecule has 1 aromatic carbocycles. The van der Waals surface area contributed by atoms with Crippen LogP contribution in [0.5, 0.6) is 5.88 Å². The number of amides is 3. The molecular formula is C27H32FN7O6. The highest BCUT2D eigenvalue weighted by Crippen LogP contribution is 2.32. The lowest BCUT2D eigenvalue weighted by molar-refractivity contribution is -0.119. The summed E-state index contributed by atoms with van der Waals surface area (Å²) in [5.41, 5.74) is 2.07. The number of anilines is 3. The molecule has 3 amide bonds. The summed E-state index contributed by atoms with van der Waals surface area (Å²) in [4.78, 5) is 46.4. The normalized spacial score (nSPS) is 24.9. The fourth-order valence-corrected chi connectivity index (χ4v) is 5.72. The number of aromatic nitrogens is 2. The Bertz CT molecular complexity index is 1360. The molecule has 2 fully saturated rings. The Morgan fingerprint density at radius 1 is 1.29 bits per heavy atom. The number of hydrogen-bond donors (Lipinski definition) is 4. The second-order valence-corrected chi connectivity index (χ2v) is 10.7. The lowest BCUT2D eigenvalue weighted by atomic mass is 10.1. The standard InChI is InChI=1S/C27H32FN7O6/c1-39-18-8-21(30-10-18)25(37)32-16-6-15-4-14(5-19(15)20(28)7-16)9-29-3-2-17-12-35(27(38)41-17)22-11-31-26-24(33-22)34-23(36)13-40-26/h6-7,11,14,17-18,21,29-30H,2-5,8-10,12-13H2,1H3,(H,32,37)(H,33,34,36). The van der Waals surface area contributed by atoms with Crippen LogP contribution in [0.1, 0.15) is 24.0 Å². The zero-order valence-corrected chi connectivity index (χ0v) is 22.6. The van der Waals surface area contributed by atoms with Gasteiger partial charge >= 0.3 is 6.09 Å². The number of hydrogen-bond acceptors (Lipinski definition) is 10. The molecule has 0 spiro atoms. The van der Waals surface area contributed by atoms with Crippen molar-refractivity contribution in [3.63, 3.8) is 0 Å². The van der Waals surface area contributed by atoms with E-state index in [9.17, 15) is 18.8 Å². The molecule has 3 aliphatic heterocycles. The van der Waals surface area contributed by atoms with Crippen LogP contribution in [0.2, 0.25) is 0 Å². The summed E-state index contributed by atoms with van der Waals surface area (Å²) in [6, 6.07) is 2.90. The third-order valence-electron chi connectivity index (χ3n) is 7.85. The topological polar surface area (TPSA) is 156 Å². The number of carbonyl (C=O) groups is 3.